The molecule has 14 nitrogen and oxygen atoms in total. The minimum Gasteiger partial charge on any atom is -0.455 e. The zero-order valence-corrected chi connectivity index (χ0v) is 36.6. The molecule has 6 rings (SSSR count). The lowest BCUT2D eigenvalue weighted by Gasteiger charge is -2.46. The quantitative estimate of drug-likeness (QED) is 0.150. The van der Waals surface area contributed by atoms with E-state index in [1.807, 2.05) is 48.0 Å². The van der Waals surface area contributed by atoms with Crippen LogP contribution in [-0.2, 0) is 44.6 Å². The molecule has 60 heavy (non-hydrogen) atoms. The monoisotopic (exact) mass is 840 g/mol. The number of carbonyl (C=O) groups excluding carboxylic acids is 4. The first-order valence-corrected chi connectivity index (χ1v) is 21.7. The van der Waals surface area contributed by atoms with Crippen LogP contribution in [0.4, 0.5) is 9.18 Å². The molecule has 1 aromatic carbocycles. The molecule has 0 bridgehead atoms. The van der Waals surface area contributed by atoms with Crippen molar-refractivity contribution in [2.45, 2.75) is 173 Å². The smallest absolute Gasteiger partial charge is 0.410 e. The number of amides is 1. The Balaban J connectivity index is 1.28. The van der Waals surface area contributed by atoms with Gasteiger partial charge in [0.25, 0.3) is 5.67 Å². The minimum absolute atomic E-state index is 0.00977. The largest absolute Gasteiger partial charge is 0.455 e. The maximum absolute atomic E-state index is 16.9. The van der Waals surface area contributed by atoms with Crippen LogP contribution in [-0.4, -0.2) is 123 Å². The maximum Gasteiger partial charge on any atom is 0.410 e. The van der Waals surface area contributed by atoms with E-state index in [9.17, 15) is 24.3 Å². The predicted molar refractivity (Wildman–Crippen MR) is 219 cm³/mol. The van der Waals surface area contributed by atoms with E-state index < -0.39 is 83.1 Å². The number of carbonyl (C=O) groups is 4. The van der Waals surface area contributed by atoms with Crippen LogP contribution >= 0.6 is 0 Å². The Hall–Kier alpha value is -3.76. The van der Waals surface area contributed by atoms with Gasteiger partial charge in [-0.3, -0.25) is 9.59 Å². The number of esters is 1. The van der Waals surface area contributed by atoms with Gasteiger partial charge in [0.1, 0.15) is 18.0 Å². The van der Waals surface area contributed by atoms with Crippen LogP contribution in [0, 0.1) is 17.8 Å². The third-order valence-electron chi connectivity index (χ3n) is 13.3. The number of alkyl halides is 1. The van der Waals surface area contributed by atoms with Crippen LogP contribution in [0.1, 0.15) is 100 Å². The van der Waals surface area contributed by atoms with Crippen molar-refractivity contribution in [3.8, 4) is 11.3 Å². The molecule has 2 N–H and O–H groups in total. The maximum atomic E-state index is 16.9. The lowest BCUT2D eigenvalue weighted by atomic mass is 9.73. The van der Waals surface area contributed by atoms with Gasteiger partial charge in [-0.05, 0) is 72.6 Å². The summed E-state index contributed by atoms with van der Waals surface area (Å²) in [6.45, 7) is 13.5. The molecule has 0 spiro atoms. The Morgan fingerprint density at radius 1 is 1.00 bits per heavy atom. The molecule has 1 aromatic heterocycles. The number of unbranched alkanes of at least 4 members (excludes halogenated alkanes) is 1. The van der Waals surface area contributed by atoms with E-state index in [0.717, 1.165) is 31.0 Å². The number of aryl methyl sites for hydroxylation is 1. The molecule has 1 amide bonds. The molecule has 1 aliphatic carbocycles. The Bertz CT molecular complexity index is 1840. The lowest BCUT2D eigenvalue weighted by molar-refractivity contribution is -0.290. The topological polar surface area (TPSA) is 168 Å². The van der Waals surface area contributed by atoms with E-state index in [-0.39, 0.29) is 43.4 Å². The highest BCUT2D eigenvalue weighted by Gasteiger charge is 2.61. The molecular formula is C45H65FN4O10. The number of aliphatic hydroxyl groups is 1. The first-order chi connectivity index (χ1) is 28.3. The number of benzene rings is 1. The minimum atomic E-state index is -3.17. The summed E-state index contributed by atoms with van der Waals surface area (Å²) in [5.74, 6) is -5.72. The van der Waals surface area contributed by atoms with Crippen LogP contribution < -0.4 is 5.32 Å². The van der Waals surface area contributed by atoms with Gasteiger partial charge in [-0.2, -0.15) is 0 Å². The number of aromatic nitrogens is 2. The van der Waals surface area contributed by atoms with Gasteiger partial charge in [-0.1, -0.05) is 58.0 Å². The molecule has 2 aromatic rings. The second-order valence-corrected chi connectivity index (χ2v) is 18.2. The number of Topliss-reactive ketones (excluding diaryl/α,β-unsaturated/α-hetero) is 2. The Kier molecular flexibility index (Phi) is 14.0. The molecule has 3 aliphatic heterocycles. The highest BCUT2D eigenvalue weighted by molar-refractivity contribution is 6.08. The van der Waals surface area contributed by atoms with Gasteiger partial charge in [0.15, 0.2) is 17.7 Å². The Morgan fingerprint density at radius 3 is 2.33 bits per heavy atom. The van der Waals surface area contributed by atoms with E-state index >= 15 is 4.39 Å². The average Bonchev–Trinajstić information content (AvgIpc) is 3.84. The molecule has 13 atom stereocenters. The number of ether oxygens (including phenoxy) is 5. The van der Waals surface area contributed by atoms with E-state index in [1.165, 1.54) is 18.9 Å². The second kappa shape index (κ2) is 18.3. The summed E-state index contributed by atoms with van der Waals surface area (Å²) in [5, 5.41) is 15.0. The van der Waals surface area contributed by atoms with Crippen LogP contribution in [0.2, 0.25) is 0 Å². The molecule has 4 heterocycles. The highest BCUT2D eigenvalue weighted by atomic mass is 19.1. The van der Waals surface area contributed by atoms with Gasteiger partial charge in [0.2, 0.25) is 0 Å². The zero-order valence-electron chi connectivity index (χ0n) is 36.6. The summed E-state index contributed by atoms with van der Waals surface area (Å²) < 4.78 is 49.6. The van der Waals surface area contributed by atoms with Crippen molar-refractivity contribution in [3.63, 3.8) is 0 Å². The van der Waals surface area contributed by atoms with Crippen molar-refractivity contribution >= 4 is 23.6 Å². The number of aliphatic hydroxyl groups excluding tert-OH is 1. The van der Waals surface area contributed by atoms with Gasteiger partial charge in [0, 0.05) is 61.8 Å². The summed E-state index contributed by atoms with van der Waals surface area (Å²) in [7, 11) is 1.42. The first-order valence-electron chi connectivity index (χ1n) is 21.7. The van der Waals surface area contributed by atoms with E-state index in [1.54, 1.807) is 40.9 Å². The second-order valence-electron chi connectivity index (χ2n) is 18.2. The molecule has 332 valence electrons. The number of halogens is 1. The van der Waals surface area contributed by atoms with E-state index in [4.69, 9.17) is 23.7 Å². The average molecular weight is 841 g/mol. The van der Waals surface area contributed by atoms with Gasteiger partial charge < -0.3 is 43.6 Å². The van der Waals surface area contributed by atoms with Crippen molar-refractivity contribution in [3.05, 3.63) is 42.9 Å². The number of ketones is 2. The molecule has 1 unspecified atom stereocenters. The summed E-state index contributed by atoms with van der Waals surface area (Å²) >= 11 is 0. The molecule has 0 radical (unpaired) electrons. The van der Waals surface area contributed by atoms with Gasteiger partial charge in [-0.15, -0.1) is 0 Å². The Labute approximate surface area is 353 Å². The van der Waals surface area contributed by atoms with Crippen molar-refractivity contribution in [1.29, 1.82) is 0 Å². The number of methoxy groups -OCH3 is 1. The van der Waals surface area contributed by atoms with E-state index in [0.29, 0.717) is 25.8 Å². The summed E-state index contributed by atoms with van der Waals surface area (Å²) in [6, 6.07) is 8.86. The number of cyclic esters (lactones) is 1. The predicted octanol–water partition coefficient (Wildman–Crippen LogP) is 5.82. The molecular weight excluding hydrogens is 776 g/mol. The third kappa shape index (κ3) is 9.35. The summed E-state index contributed by atoms with van der Waals surface area (Å²) in [5.41, 5.74) is -4.33. The SMILES string of the molecule is CC[C@H]1OC(=O)[C@@](C)(F)C(=O)[C@H](C)[C@@H](O[C@@H]2O[C@H](C)C[C@H](NC3CC3)[C@@H]2O)[C@](C)(OC)C[C@@H](C)C(=O)[C@H](C)C2N(CCCCn3cnc(-c4ccccc4)c3)C(=O)O[C@@]21C. The number of imidazole rings is 1. The van der Waals surface area contributed by atoms with Crippen LogP contribution in [0.3, 0.4) is 0 Å². The fourth-order valence-corrected chi connectivity index (χ4v) is 9.76. The zero-order chi connectivity index (χ0) is 43.7. The standard InChI is InChI=1S/C45H65FN4O10/c1-10-34-45(8)37(50(42(55)60-45)21-15-14-20-49-24-33(47-25-49)30-16-12-11-13-17-30)28(4)35(51)26(2)23-43(6,56-9)39(29(5)38(53)44(7,46)41(54)58-34)59-40-36(52)32(22-27(3)57-40)48-31-18-19-31/h11-13,16-17,24-29,31-32,34,36-37,39-40,48,52H,10,14-15,18-23H2,1-9H3/t26-,27-,28+,29+,32+,34-,36+,37?,39-,40+,43-,44+,45-/m1/s1. The summed E-state index contributed by atoms with van der Waals surface area (Å²) in [6.07, 6.45) is 1.70. The van der Waals surface area contributed by atoms with Gasteiger partial charge >= 0.3 is 12.1 Å². The van der Waals surface area contributed by atoms with Gasteiger partial charge in [-0.25, -0.2) is 19.0 Å². The van der Waals surface area contributed by atoms with Crippen LogP contribution in [0.25, 0.3) is 11.3 Å². The fraction of sp³-hybridized carbons (Fsp3) is 0.711. The Morgan fingerprint density at radius 2 is 1.68 bits per heavy atom. The highest BCUT2D eigenvalue weighted by Crippen LogP contribution is 2.44. The number of rotatable bonds is 12. The van der Waals surface area contributed by atoms with Crippen LogP contribution in [0.5, 0.6) is 0 Å². The van der Waals surface area contributed by atoms with Crippen LogP contribution in [0.15, 0.2) is 42.9 Å². The fourth-order valence-electron chi connectivity index (χ4n) is 9.76. The number of nitrogens with zero attached hydrogens (tertiary/aromatic N) is 3. The van der Waals surface area contributed by atoms with Crippen molar-refractivity contribution in [2.24, 2.45) is 17.8 Å². The molecule has 3 saturated heterocycles. The number of hydrogen-bond donors (Lipinski definition) is 2. The van der Waals surface area contributed by atoms with Crippen molar-refractivity contribution in [1.82, 2.24) is 19.8 Å². The number of fused-ring (bicyclic) bond motifs is 1. The molecule has 15 heteroatoms. The van der Waals surface area contributed by atoms with Crippen molar-refractivity contribution in [2.75, 3.05) is 13.7 Å². The first kappa shape index (κ1) is 45.8. The normalized spacial score (nSPS) is 38.3. The third-order valence-corrected chi connectivity index (χ3v) is 13.3. The molecule has 1 saturated carbocycles. The summed E-state index contributed by atoms with van der Waals surface area (Å²) in [4.78, 5) is 62.9. The van der Waals surface area contributed by atoms with Gasteiger partial charge in [0.05, 0.1) is 35.9 Å². The molecule has 4 aliphatic rings. The number of nitrogens with one attached hydrogen (secondary N) is 1. The lowest BCUT2D eigenvalue weighted by Crippen LogP contribution is -2.62. The van der Waals surface area contributed by atoms with Crippen molar-refractivity contribution < 1.29 is 52.4 Å². The number of hydrogen-bond acceptors (Lipinski definition) is 12. The van der Waals surface area contributed by atoms with E-state index in [2.05, 4.69) is 10.3 Å². The molecule has 4 fully saturated rings.